The van der Waals surface area contributed by atoms with Crippen molar-refractivity contribution in [1.29, 1.82) is 0 Å². The molecule has 190 valence electrons. The standard InChI is InChI=1S/C37H42/c1-23-11-13-31-32-14-12-24(2)20-34(32)37(33(31)19-23,29-17-25(3)15-27(21-29)35(5,6)7)30-18-26(4)16-28(22-30)36(8,9)10/h11-22H,1-10H3. The van der Waals surface area contributed by atoms with Crippen LogP contribution >= 0.6 is 0 Å². The second-order valence-electron chi connectivity index (χ2n) is 13.5. The topological polar surface area (TPSA) is 0 Å². The van der Waals surface area contributed by atoms with Crippen LogP contribution in [0.2, 0.25) is 0 Å². The van der Waals surface area contributed by atoms with Gasteiger partial charge in [-0.1, -0.05) is 137 Å². The van der Waals surface area contributed by atoms with Crippen molar-refractivity contribution < 1.29 is 0 Å². The van der Waals surface area contributed by atoms with Gasteiger partial charge in [-0.2, -0.15) is 0 Å². The SMILES string of the molecule is Cc1cc(C(C)(C)C)cc(C2(c3cc(C)cc(C(C)(C)C)c3)c3cc(C)ccc3-c3ccc(C)cc32)c1. The van der Waals surface area contributed by atoms with Crippen LogP contribution in [0.5, 0.6) is 0 Å². The van der Waals surface area contributed by atoms with Gasteiger partial charge in [0.25, 0.3) is 0 Å². The van der Waals surface area contributed by atoms with Crippen molar-refractivity contribution >= 4 is 0 Å². The van der Waals surface area contributed by atoms with Gasteiger partial charge in [0.15, 0.2) is 0 Å². The molecule has 4 aromatic carbocycles. The molecule has 0 unspecified atom stereocenters. The van der Waals surface area contributed by atoms with E-state index in [1.54, 1.807) is 0 Å². The number of benzene rings is 4. The van der Waals surface area contributed by atoms with Gasteiger partial charge in [0.2, 0.25) is 0 Å². The van der Waals surface area contributed by atoms with Crippen LogP contribution in [0.4, 0.5) is 0 Å². The Kier molecular flexibility index (Phi) is 5.83. The zero-order valence-electron chi connectivity index (χ0n) is 24.4. The van der Waals surface area contributed by atoms with E-state index in [4.69, 9.17) is 0 Å². The molecule has 1 aliphatic carbocycles. The fourth-order valence-electron chi connectivity index (χ4n) is 6.21. The quantitative estimate of drug-likeness (QED) is 0.233. The molecule has 0 radical (unpaired) electrons. The maximum absolute atomic E-state index is 2.50. The van der Waals surface area contributed by atoms with Crippen molar-refractivity contribution in [3.63, 3.8) is 0 Å². The molecule has 0 fully saturated rings. The van der Waals surface area contributed by atoms with Gasteiger partial charge >= 0.3 is 0 Å². The first-order valence-corrected chi connectivity index (χ1v) is 13.7. The van der Waals surface area contributed by atoms with E-state index < -0.39 is 0 Å². The largest absolute Gasteiger partial charge is 0.0714 e. The van der Waals surface area contributed by atoms with Crippen LogP contribution in [0, 0.1) is 27.7 Å². The minimum atomic E-state index is -0.374. The Morgan fingerprint density at radius 3 is 1.16 bits per heavy atom. The molecule has 1 aliphatic rings. The molecule has 4 aromatic rings. The lowest BCUT2D eigenvalue weighted by Crippen LogP contribution is -2.30. The summed E-state index contributed by atoms with van der Waals surface area (Å²) >= 11 is 0. The normalized spacial score (nSPS) is 14.4. The Morgan fingerprint density at radius 2 is 0.811 bits per heavy atom. The van der Waals surface area contributed by atoms with Gasteiger partial charge < -0.3 is 0 Å². The third-order valence-corrected chi connectivity index (χ3v) is 8.20. The van der Waals surface area contributed by atoms with Crippen LogP contribution in [-0.4, -0.2) is 0 Å². The predicted octanol–water partition coefficient (Wildman–Crippen LogP) is 9.88. The average molecular weight is 487 g/mol. The van der Waals surface area contributed by atoms with Gasteiger partial charge in [-0.25, -0.2) is 0 Å². The summed E-state index contributed by atoms with van der Waals surface area (Å²) in [5, 5.41) is 0. The van der Waals surface area contributed by atoms with Crippen molar-refractivity contribution in [2.75, 3.05) is 0 Å². The van der Waals surface area contributed by atoms with E-state index in [9.17, 15) is 0 Å². The first kappa shape index (κ1) is 25.5. The van der Waals surface area contributed by atoms with E-state index in [0.717, 1.165) is 0 Å². The molecule has 0 heteroatoms. The summed E-state index contributed by atoms with van der Waals surface area (Å²) in [5.41, 5.74) is 16.1. The van der Waals surface area contributed by atoms with Crippen molar-refractivity contribution in [1.82, 2.24) is 0 Å². The van der Waals surface area contributed by atoms with Gasteiger partial charge in [0.05, 0.1) is 5.41 Å². The lowest BCUT2D eigenvalue weighted by atomic mass is 9.65. The zero-order chi connectivity index (χ0) is 26.9. The maximum atomic E-state index is 2.50. The van der Waals surface area contributed by atoms with Crippen LogP contribution in [0.25, 0.3) is 11.1 Å². The van der Waals surface area contributed by atoms with Crippen molar-refractivity contribution in [2.24, 2.45) is 0 Å². The van der Waals surface area contributed by atoms with E-state index in [2.05, 4.69) is 142 Å². The van der Waals surface area contributed by atoms with E-state index in [1.807, 2.05) is 0 Å². The van der Waals surface area contributed by atoms with Crippen LogP contribution in [0.15, 0.2) is 72.8 Å². The smallest absolute Gasteiger partial charge is 0.0587 e. The summed E-state index contributed by atoms with van der Waals surface area (Å²) in [4.78, 5) is 0. The number of rotatable bonds is 2. The monoisotopic (exact) mass is 486 g/mol. The van der Waals surface area contributed by atoms with E-state index in [1.165, 1.54) is 66.8 Å². The van der Waals surface area contributed by atoms with Crippen molar-refractivity contribution in [2.45, 2.75) is 85.5 Å². The molecular weight excluding hydrogens is 444 g/mol. The van der Waals surface area contributed by atoms with Gasteiger partial charge in [-0.3, -0.25) is 0 Å². The molecule has 0 N–H and O–H groups in total. The van der Waals surface area contributed by atoms with Crippen LogP contribution < -0.4 is 0 Å². The summed E-state index contributed by atoms with van der Waals surface area (Å²) in [6.45, 7) is 22.9. The van der Waals surface area contributed by atoms with Gasteiger partial charge in [0.1, 0.15) is 0 Å². The lowest BCUT2D eigenvalue weighted by molar-refractivity contribution is 0.584. The number of hydrogen-bond acceptors (Lipinski definition) is 0. The third kappa shape index (κ3) is 4.15. The summed E-state index contributed by atoms with van der Waals surface area (Å²) in [6, 6.07) is 28.8. The third-order valence-electron chi connectivity index (χ3n) is 8.20. The minimum absolute atomic E-state index is 0.0641. The number of fused-ring (bicyclic) bond motifs is 3. The Bertz CT molecular complexity index is 1400. The molecule has 0 amide bonds. The molecule has 0 saturated heterocycles. The Morgan fingerprint density at radius 1 is 0.432 bits per heavy atom. The highest BCUT2D eigenvalue weighted by atomic mass is 14.5. The van der Waals surface area contributed by atoms with E-state index in [0.29, 0.717) is 0 Å². The molecular formula is C37H42. The first-order valence-electron chi connectivity index (χ1n) is 13.7. The fourth-order valence-corrected chi connectivity index (χ4v) is 6.21. The van der Waals surface area contributed by atoms with Crippen LogP contribution in [0.3, 0.4) is 0 Å². The van der Waals surface area contributed by atoms with Crippen molar-refractivity contribution in [3.05, 3.63) is 128 Å². The highest BCUT2D eigenvalue weighted by molar-refractivity contribution is 5.87. The van der Waals surface area contributed by atoms with Gasteiger partial charge in [0, 0.05) is 0 Å². The summed E-state index contributed by atoms with van der Waals surface area (Å²) in [5.74, 6) is 0. The molecule has 0 nitrogen and oxygen atoms in total. The molecule has 0 bridgehead atoms. The summed E-state index contributed by atoms with van der Waals surface area (Å²) in [7, 11) is 0. The Labute approximate surface area is 224 Å². The lowest BCUT2D eigenvalue weighted by Gasteiger charge is -2.37. The van der Waals surface area contributed by atoms with Crippen molar-refractivity contribution in [3.8, 4) is 11.1 Å². The number of hydrogen-bond donors (Lipinski definition) is 0. The molecule has 0 aliphatic heterocycles. The Balaban J connectivity index is 2.02. The van der Waals surface area contributed by atoms with E-state index >= 15 is 0 Å². The fraction of sp³-hybridized carbons (Fsp3) is 0.351. The van der Waals surface area contributed by atoms with Crippen LogP contribution in [-0.2, 0) is 16.2 Å². The highest BCUT2D eigenvalue weighted by Gasteiger charge is 2.47. The molecule has 0 spiro atoms. The van der Waals surface area contributed by atoms with Gasteiger partial charge in [-0.05, 0) is 83.0 Å². The molecule has 37 heavy (non-hydrogen) atoms. The maximum Gasteiger partial charge on any atom is 0.0714 e. The highest BCUT2D eigenvalue weighted by Crippen LogP contribution is 2.57. The molecule has 0 saturated carbocycles. The molecule has 0 heterocycles. The van der Waals surface area contributed by atoms with Crippen LogP contribution in [0.1, 0.15) is 97.2 Å². The molecule has 0 aromatic heterocycles. The average Bonchev–Trinajstić information content (AvgIpc) is 3.06. The zero-order valence-corrected chi connectivity index (χ0v) is 24.4. The predicted molar refractivity (Wildman–Crippen MR) is 160 cm³/mol. The number of aryl methyl sites for hydroxylation is 4. The second-order valence-corrected chi connectivity index (χ2v) is 13.5. The Hall–Kier alpha value is -3.12. The molecule has 0 atom stereocenters. The van der Waals surface area contributed by atoms with E-state index in [-0.39, 0.29) is 16.2 Å². The second kappa shape index (κ2) is 8.45. The molecule has 5 rings (SSSR count). The summed E-state index contributed by atoms with van der Waals surface area (Å²) < 4.78 is 0. The summed E-state index contributed by atoms with van der Waals surface area (Å²) in [6.07, 6.45) is 0. The van der Waals surface area contributed by atoms with Gasteiger partial charge in [-0.15, -0.1) is 0 Å². The first-order chi connectivity index (χ1) is 17.2. The minimum Gasteiger partial charge on any atom is -0.0587 e.